The zero-order chi connectivity index (χ0) is 19.6. The van der Waals surface area contributed by atoms with Crippen LogP contribution in [0.25, 0.3) is 23.0 Å². The molecule has 0 amide bonds. The molecule has 27 heavy (non-hydrogen) atoms. The van der Waals surface area contributed by atoms with Gasteiger partial charge < -0.3 is 4.57 Å². The third-order valence-corrected chi connectivity index (χ3v) is 4.62. The maximum Gasteiger partial charge on any atom is 0.416 e. The number of hydrogen-bond acceptors (Lipinski definition) is 6. The van der Waals surface area contributed by atoms with Crippen molar-refractivity contribution >= 4 is 18.0 Å². The summed E-state index contributed by atoms with van der Waals surface area (Å²) in [6, 6.07) is 3.52. The molecule has 0 N–H and O–H groups in total. The van der Waals surface area contributed by atoms with Gasteiger partial charge in [-0.05, 0) is 24.0 Å². The van der Waals surface area contributed by atoms with Crippen molar-refractivity contribution in [1.29, 1.82) is 0 Å². The summed E-state index contributed by atoms with van der Waals surface area (Å²) in [5, 5.41) is 8.07. The van der Waals surface area contributed by atoms with E-state index in [1.54, 1.807) is 13.1 Å². The van der Waals surface area contributed by atoms with Crippen molar-refractivity contribution in [3.63, 3.8) is 0 Å². The normalized spacial score (nSPS) is 11.6. The molecule has 0 aliphatic carbocycles. The molecule has 0 aromatic carbocycles. The predicted molar refractivity (Wildman–Crippen MR) is 94.3 cm³/mol. The van der Waals surface area contributed by atoms with E-state index in [1.807, 2.05) is 6.92 Å². The van der Waals surface area contributed by atoms with Gasteiger partial charge in [0.2, 0.25) is 0 Å². The van der Waals surface area contributed by atoms with Gasteiger partial charge >= 0.3 is 6.18 Å². The SMILES string of the molecule is CCSc1cc(C=O)cnc1-c1nnc(-c2cc(C(F)(F)F)ccn2)n1C. The summed E-state index contributed by atoms with van der Waals surface area (Å²) in [7, 11) is 1.63. The Morgan fingerprint density at radius 3 is 2.59 bits per heavy atom. The second kappa shape index (κ2) is 7.47. The van der Waals surface area contributed by atoms with Crippen molar-refractivity contribution < 1.29 is 18.0 Å². The molecule has 3 aromatic heterocycles. The van der Waals surface area contributed by atoms with Crippen LogP contribution in [0.5, 0.6) is 0 Å². The lowest BCUT2D eigenvalue weighted by molar-refractivity contribution is -0.137. The van der Waals surface area contributed by atoms with Crippen molar-refractivity contribution in [3.8, 4) is 23.0 Å². The summed E-state index contributed by atoms with van der Waals surface area (Å²) in [5.74, 6) is 1.30. The maximum absolute atomic E-state index is 13.0. The number of aldehydes is 1. The number of rotatable bonds is 5. The third-order valence-electron chi connectivity index (χ3n) is 3.71. The van der Waals surface area contributed by atoms with Gasteiger partial charge in [0.1, 0.15) is 11.4 Å². The first-order valence-electron chi connectivity index (χ1n) is 7.86. The summed E-state index contributed by atoms with van der Waals surface area (Å²) >= 11 is 1.48. The van der Waals surface area contributed by atoms with Gasteiger partial charge in [-0.1, -0.05) is 6.92 Å². The quantitative estimate of drug-likeness (QED) is 0.484. The largest absolute Gasteiger partial charge is 0.416 e. The highest BCUT2D eigenvalue weighted by atomic mass is 32.2. The van der Waals surface area contributed by atoms with Crippen molar-refractivity contribution in [3.05, 3.63) is 41.7 Å². The summed E-state index contributed by atoms with van der Waals surface area (Å²) in [6.45, 7) is 1.96. The molecule has 0 bridgehead atoms. The van der Waals surface area contributed by atoms with E-state index in [1.165, 1.54) is 22.5 Å². The molecule has 140 valence electrons. The van der Waals surface area contributed by atoms with Gasteiger partial charge in [-0.15, -0.1) is 22.0 Å². The minimum absolute atomic E-state index is 0.0558. The Balaban J connectivity index is 2.08. The number of thioether (sulfide) groups is 1. The van der Waals surface area contributed by atoms with E-state index in [-0.39, 0.29) is 11.5 Å². The number of alkyl halides is 3. The second-order valence-electron chi connectivity index (χ2n) is 5.50. The first-order chi connectivity index (χ1) is 12.8. The van der Waals surface area contributed by atoms with Crippen molar-refractivity contribution in [2.24, 2.45) is 7.05 Å². The van der Waals surface area contributed by atoms with Crippen LogP contribution in [0, 0.1) is 0 Å². The predicted octanol–water partition coefficient (Wildman–Crippen LogP) is 3.88. The number of halogens is 3. The van der Waals surface area contributed by atoms with Crippen molar-refractivity contribution in [2.45, 2.75) is 18.0 Å². The molecule has 3 aromatic rings. The molecule has 6 nitrogen and oxygen atoms in total. The number of hydrogen-bond donors (Lipinski definition) is 0. The fraction of sp³-hybridized carbons (Fsp3) is 0.235. The molecular formula is C17H14F3N5OS. The molecule has 0 unspecified atom stereocenters. The number of carbonyl (C=O) groups excluding carboxylic acids is 1. The molecule has 3 heterocycles. The minimum Gasteiger partial charge on any atom is -0.307 e. The van der Waals surface area contributed by atoms with E-state index < -0.39 is 11.7 Å². The molecule has 10 heteroatoms. The number of aromatic nitrogens is 5. The van der Waals surface area contributed by atoms with Gasteiger partial charge in [0.15, 0.2) is 17.9 Å². The average Bonchev–Trinajstić information content (AvgIpc) is 3.02. The van der Waals surface area contributed by atoms with E-state index in [0.717, 1.165) is 29.0 Å². The van der Waals surface area contributed by atoms with E-state index >= 15 is 0 Å². The Morgan fingerprint density at radius 2 is 1.93 bits per heavy atom. The van der Waals surface area contributed by atoms with Crippen molar-refractivity contribution in [1.82, 2.24) is 24.7 Å². The van der Waals surface area contributed by atoms with E-state index in [0.29, 0.717) is 23.4 Å². The monoisotopic (exact) mass is 393 g/mol. The Bertz CT molecular complexity index is 987. The Hall–Kier alpha value is -2.75. The fourth-order valence-electron chi connectivity index (χ4n) is 2.45. The standard InChI is InChI=1S/C17H14F3N5OS/c1-3-27-13-6-10(9-26)8-22-14(13)16-24-23-15(25(16)2)12-7-11(4-5-21-12)17(18,19)20/h4-9H,3H2,1-2H3. The first-order valence-corrected chi connectivity index (χ1v) is 8.85. The molecule has 0 atom stereocenters. The van der Waals surface area contributed by atoms with Crippen LogP contribution in [0.15, 0.2) is 35.5 Å². The minimum atomic E-state index is -4.48. The molecule has 3 rings (SSSR count). The first kappa shape index (κ1) is 19.0. The van der Waals surface area contributed by atoms with E-state index in [4.69, 9.17) is 0 Å². The van der Waals surface area contributed by atoms with Crippen LogP contribution in [0.3, 0.4) is 0 Å². The lowest BCUT2D eigenvalue weighted by Crippen LogP contribution is -2.06. The Morgan fingerprint density at radius 1 is 1.19 bits per heavy atom. The highest BCUT2D eigenvalue weighted by molar-refractivity contribution is 7.99. The van der Waals surface area contributed by atoms with Crippen LogP contribution in [-0.2, 0) is 13.2 Å². The van der Waals surface area contributed by atoms with Crippen LogP contribution >= 0.6 is 11.8 Å². The van der Waals surface area contributed by atoms with Crippen LogP contribution in [-0.4, -0.2) is 36.8 Å². The third kappa shape index (κ3) is 3.85. The van der Waals surface area contributed by atoms with Crippen LogP contribution in [0.2, 0.25) is 0 Å². The molecule has 0 aliphatic rings. The number of pyridine rings is 2. The van der Waals surface area contributed by atoms with Gasteiger partial charge in [-0.2, -0.15) is 13.2 Å². The summed E-state index contributed by atoms with van der Waals surface area (Å²) < 4.78 is 40.4. The van der Waals surface area contributed by atoms with Gasteiger partial charge in [-0.3, -0.25) is 14.8 Å². The number of nitrogens with zero attached hydrogens (tertiary/aromatic N) is 5. The van der Waals surface area contributed by atoms with Gasteiger partial charge in [-0.25, -0.2) is 0 Å². The van der Waals surface area contributed by atoms with E-state index in [2.05, 4.69) is 20.2 Å². The molecule has 0 radical (unpaired) electrons. The zero-order valence-corrected chi connectivity index (χ0v) is 15.2. The highest BCUT2D eigenvalue weighted by Crippen LogP contribution is 2.33. The van der Waals surface area contributed by atoms with Crippen LogP contribution in [0.4, 0.5) is 13.2 Å². The van der Waals surface area contributed by atoms with Gasteiger partial charge in [0.05, 0.1) is 5.56 Å². The maximum atomic E-state index is 13.0. The summed E-state index contributed by atoms with van der Waals surface area (Å²) in [5.41, 5.74) is 0.172. The fourth-order valence-corrected chi connectivity index (χ4v) is 3.26. The van der Waals surface area contributed by atoms with Crippen LogP contribution < -0.4 is 0 Å². The Labute approximate surface area is 156 Å². The molecule has 0 spiro atoms. The number of carbonyl (C=O) groups is 1. The Kier molecular flexibility index (Phi) is 5.26. The van der Waals surface area contributed by atoms with Crippen molar-refractivity contribution in [2.75, 3.05) is 5.75 Å². The molecule has 0 saturated heterocycles. The molecule has 0 aliphatic heterocycles. The molecular weight excluding hydrogens is 379 g/mol. The summed E-state index contributed by atoms with van der Waals surface area (Å²) in [6.07, 6.45) is -1.28. The second-order valence-corrected chi connectivity index (χ2v) is 6.81. The average molecular weight is 393 g/mol. The lowest BCUT2D eigenvalue weighted by Gasteiger charge is -2.09. The smallest absolute Gasteiger partial charge is 0.307 e. The van der Waals surface area contributed by atoms with Gasteiger partial charge in [0, 0.05) is 29.9 Å². The van der Waals surface area contributed by atoms with Gasteiger partial charge in [0.25, 0.3) is 0 Å². The summed E-state index contributed by atoms with van der Waals surface area (Å²) in [4.78, 5) is 20.0. The van der Waals surface area contributed by atoms with Crippen LogP contribution in [0.1, 0.15) is 22.8 Å². The topological polar surface area (TPSA) is 73.6 Å². The molecule has 0 fully saturated rings. The highest BCUT2D eigenvalue weighted by Gasteiger charge is 2.31. The lowest BCUT2D eigenvalue weighted by atomic mass is 10.2. The van der Waals surface area contributed by atoms with E-state index in [9.17, 15) is 18.0 Å². The zero-order valence-electron chi connectivity index (χ0n) is 14.4. The molecule has 0 saturated carbocycles.